The van der Waals surface area contributed by atoms with Gasteiger partial charge < -0.3 is 16.2 Å². The standard InChI is InChI=1S/C12H18N2O2/c1-3-12(2,16)8-14-10-6-4-5-9(7-10)11(13)15/h4-7,14,16H,3,8H2,1-2H3,(H2,13,15). The van der Waals surface area contributed by atoms with E-state index in [1.165, 1.54) is 0 Å². The van der Waals surface area contributed by atoms with Gasteiger partial charge in [0.25, 0.3) is 0 Å². The normalized spacial score (nSPS) is 14.2. The maximum Gasteiger partial charge on any atom is 0.248 e. The molecule has 0 radical (unpaired) electrons. The Hall–Kier alpha value is -1.55. The number of hydrogen-bond acceptors (Lipinski definition) is 3. The summed E-state index contributed by atoms with van der Waals surface area (Å²) in [6.45, 7) is 4.12. The van der Waals surface area contributed by atoms with E-state index in [2.05, 4.69) is 5.32 Å². The Labute approximate surface area is 95.5 Å². The molecule has 0 aliphatic rings. The van der Waals surface area contributed by atoms with Gasteiger partial charge in [-0.25, -0.2) is 0 Å². The first-order valence-corrected chi connectivity index (χ1v) is 5.31. The summed E-state index contributed by atoms with van der Waals surface area (Å²) in [5.74, 6) is -0.453. The Bertz CT molecular complexity index is 375. The highest BCUT2D eigenvalue weighted by atomic mass is 16.3. The van der Waals surface area contributed by atoms with Crippen molar-refractivity contribution in [1.29, 1.82) is 0 Å². The Balaban J connectivity index is 2.68. The lowest BCUT2D eigenvalue weighted by Crippen LogP contribution is -2.32. The number of aliphatic hydroxyl groups is 1. The molecule has 1 amide bonds. The van der Waals surface area contributed by atoms with E-state index in [0.29, 0.717) is 18.5 Å². The summed E-state index contributed by atoms with van der Waals surface area (Å²) in [6.07, 6.45) is 0.662. The molecule has 4 heteroatoms. The molecule has 0 fully saturated rings. The first-order chi connectivity index (χ1) is 7.44. The third-order valence-electron chi connectivity index (χ3n) is 2.58. The Kier molecular flexibility index (Phi) is 3.90. The van der Waals surface area contributed by atoms with Crippen LogP contribution in [-0.4, -0.2) is 23.2 Å². The number of carbonyl (C=O) groups is 1. The lowest BCUT2D eigenvalue weighted by molar-refractivity contribution is 0.0697. The Morgan fingerprint density at radius 2 is 2.25 bits per heavy atom. The van der Waals surface area contributed by atoms with Crippen molar-refractivity contribution >= 4 is 11.6 Å². The monoisotopic (exact) mass is 222 g/mol. The molecular formula is C12H18N2O2. The minimum Gasteiger partial charge on any atom is -0.388 e. The fourth-order valence-corrected chi connectivity index (χ4v) is 1.20. The summed E-state index contributed by atoms with van der Waals surface area (Å²) >= 11 is 0. The van der Waals surface area contributed by atoms with Crippen LogP contribution in [-0.2, 0) is 0 Å². The second kappa shape index (κ2) is 4.99. The SMILES string of the molecule is CCC(C)(O)CNc1cccc(C(N)=O)c1. The molecule has 1 atom stereocenters. The van der Waals surface area contributed by atoms with Gasteiger partial charge in [0.15, 0.2) is 0 Å². The minimum absolute atomic E-state index is 0.436. The fourth-order valence-electron chi connectivity index (χ4n) is 1.20. The van der Waals surface area contributed by atoms with Crippen molar-refractivity contribution < 1.29 is 9.90 Å². The molecule has 0 saturated carbocycles. The van der Waals surface area contributed by atoms with Gasteiger partial charge in [0.05, 0.1) is 5.60 Å². The van der Waals surface area contributed by atoms with Crippen LogP contribution in [0.4, 0.5) is 5.69 Å². The lowest BCUT2D eigenvalue weighted by atomic mass is 10.0. The summed E-state index contributed by atoms with van der Waals surface area (Å²) in [6, 6.07) is 6.92. The molecule has 16 heavy (non-hydrogen) atoms. The van der Waals surface area contributed by atoms with E-state index in [9.17, 15) is 9.90 Å². The zero-order chi connectivity index (χ0) is 12.2. The maximum atomic E-state index is 11.0. The van der Waals surface area contributed by atoms with Gasteiger partial charge in [-0.15, -0.1) is 0 Å². The number of anilines is 1. The summed E-state index contributed by atoms with van der Waals surface area (Å²) in [5, 5.41) is 12.9. The van der Waals surface area contributed by atoms with Crippen LogP contribution in [0, 0.1) is 0 Å². The van der Waals surface area contributed by atoms with Crippen molar-refractivity contribution in [2.75, 3.05) is 11.9 Å². The molecule has 0 spiro atoms. The number of amides is 1. The average molecular weight is 222 g/mol. The quantitative estimate of drug-likeness (QED) is 0.704. The van der Waals surface area contributed by atoms with Crippen molar-refractivity contribution in [3.8, 4) is 0 Å². The molecule has 0 aromatic heterocycles. The van der Waals surface area contributed by atoms with Gasteiger partial charge in [-0.05, 0) is 31.5 Å². The van der Waals surface area contributed by atoms with E-state index in [-0.39, 0.29) is 0 Å². The number of carbonyl (C=O) groups excluding carboxylic acids is 1. The van der Waals surface area contributed by atoms with Crippen molar-refractivity contribution in [2.24, 2.45) is 5.73 Å². The van der Waals surface area contributed by atoms with Crippen LogP contribution < -0.4 is 11.1 Å². The first kappa shape index (κ1) is 12.5. The van der Waals surface area contributed by atoms with Crippen LogP contribution in [0.5, 0.6) is 0 Å². The molecule has 0 heterocycles. The van der Waals surface area contributed by atoms with Crippen LogP contribution in [0.1, 0.15) is 30.6 Å². The molecule has 1 rings (SSSR count). The van der Waals surface area contributed by atoms with Gasteiger partial charge in [-0.1, -0.05) is 13.0 Å². The number of benzene rings is 1. The van der Waals surface area contributed by atoms with Crippen LogP contribution >= 0.6 is 0 Å². The van der Waals surface area contributed by atoms with E-state index in [1.54, 1.807) is 25.1 Å². The van der Waals surface area contributed by atoms with Crippen molar-refractivity contribution in [3.05, 3.63) is 29.8 Å². The van der Waals surface area contributed by atoms with Gasteiger partial charge in [0, 0.05) is 17.8 Å². The van der Waals surface area contributed by atoms with Crippen molar-refractivity contribution in [3.63, 3.8) is 0 Å². The van der Waals surface area contributed by atoms with Crippen LogP contribution in [0.2, 0.25) is 0 Å². The lowest BCUT2D eigenvalue weighted by Gasteiger charge is -2.22. The number of primary amides is 1. The predicted octanol–water partition coefficient (Wildman–Crippen LogP) is 1.36. The molecule has 1 aromatic rings. The molecule has 88 valence electrons. The smallest absolute Gasteiger partial charge is 0.248 e. The van der Waals surface area contributed by atoms with E-state index in [1.807, 2.05) is 13.0 Å². The van der Waals surface area contributed by atoms with E-state index >= 15 is 0 Å². The molecule has 0 saturated heterocycles. The molecule has 4 nitrogen and oxygen atoms in total. The zero-order valence-corrected chi connectivity index (χ0v) is 9.66. The largest absolute Gasteiger partial charge is 0.388 e. The van der Waals surface area contributed by atoms with E-state index in [0.717, 1.165) is 5.69 Å². The van der Waals surface area contributed by atoms with Crippen molar-refractivity contribution in [2.45, 2.75) is 25.9 Å². The summed E-state index contributed by atoms with van der Waals surface area (Å²) in [4.78, 5) is 11.0. The molecule has 0 bridgehead atoms. The highest BCUT2D eigenvalue weighted by Crippen LogP contribution is 2.13. The predicted molar refractivity (Wildman–Crippen MR) is 64.4 cm³/mol. The topological polar surface area (TPSA) is 75.3 Å². The third-order valence-corrected chi connectivity index (χ3v) is 2.58. The number of hydrogen-bond donors (Lipinski definition) is 3. The van der Waals surface area contributed by atoms with Crippen LogP contribution in [0.15, 0.2) is 24.3 Å². The summed E-state index contributed by atoms with van der Waals surface area (Å²) in [5.41, 5.74) is 5.67. The first-order valence-electron chi connectivity index (χ1n) is 5.31. The second-order valence-electron chi connectivity index (χ2n) is 4.15. The van der Waals surface area contributed by atoms with Crippen molar-refractivity contribution in [1.82, 2.24) is 0 Å². The van der Waals surface area contributed by atoms with E-state index < -0.39 is 11.5 Å². The van der Waals surface area contributed by atoms with Gasteiger partial charge in [-0.3, -0.25) is 4.79 Å². The Morgan fingerprint density at radius 3 is 2.81 bits per heavy atom. The minimum atomic E-state index is -0.747. The van der Waals surface area contributed by atoms with Gasteiger partial charge in [0.2, 0.25) is 5.91 Å². The maximum absolute atomic E-state index is 11.0. The molecule has 1 aromatic carbocycles. The van der Waals surface area contributed by atoms with Gasteiger partial charge in [0.1, 0.15) is 0 Å². The van der Waals surface area contributed by atoms with Gasteiger partial charge in [-0.2, -0.15) is 0 Å². The molecular weight excluding hydrogens is 204 g/mol. The number of rotatable bonds is 5. The number of nitrogens with two attached hydrogens (primary N) is 1. The Morgan fingerprint density at radius 1 is 1.56 bits per heavy atom. The molecule has 4 N–H and O–H groups in total. The van der Waals surface area contributed by atoms with Crippen LogP contribution in [0.3, 0.4) is 0 Å². The van der Waals surface area contributed by atoms with E-state index in [4.69, 9.17) is 5.73 Å². The highest BCUT2D eigenvalue weighted by Gasteiger charge is 2.16. The molecule has 0 aliphatic carbocycles. The highest BCUT2D eigenvalue weighted by molar-refractivity contribution is 5.93. The second-order valence-corrected chi connectivity index (χ2v) is 4.15. The molecule has 1 unspecified atom stereocenters. The third kappa shape index (κ3) is 3.55. The average Bonchev–Trinajstić information content (AvgIpc) is 2.27. The summed E-state index contributed by atoms with van der Waals surface area (Å²) < 4.78 is 0. The van der Waals surface area contributed by atoms with Crippen LogP contribution in [0.25, 0.3) is 0 Å². The van der Waals surface area contributed by atoms with Gasteiger partial charge >= 0.3 is 0 Å². The summed E-state index contributed by atoms with van der Waals surface area (Å²) in [7, 11) is 0. The fraction of sp³-hybridized carbons (Fsp3) is 0.417. The molecule has 0 aliphatic heterocycles. The zero-order valence-electron chi connectivity index (χ0n) is 9.66. The number of nitrogens with one attached hydrogen (secondary N) is 1.